The van der Waals surface area contributed by atoms with Gasteiger partial charge >= 0.3 is 0 Å². The molecule has 0 spiro atoms. The number of anilines is 1. The number of imidazole rings is 1. The standard InChI is InChI=1S/C18H20N4O3/c1-3-22-11-13(10-15(22)23)18(25)20-14-6-4-12(5-7-14)16(24)17-19-8-9-21(17)2/h4-9,13H,3,10-11H2,1-2H3,(H,20,25). The predicted octanol–water partition coefficient (Wildman–Crippen LogP) is 1.46. The first-order valence-corrected chi connectivity index (χ1v) is 8.20. The predicted molar refractivity (Wildman–Crippen MR) is 92.1 cm³/mol. The number of nitrogens with one attached hydrogen (secondary N) is 1. The molecule has 2 heterocycles. The fraction of sp³-hybridized carbons (Fsp3) is 0.333. The number of ketones is 1. The van der Waals surface area contributed by atoms with E-state index in [4.69, 9.17) is 0 Å². The summed E-state index contributed by atoms with van der Waals surface area (Å²) in [6, 6.07) is 6.68. The lowest BCUT2D eigenvalue weighted by Gasteiger charge is -2.13. The molecule has 1 aliphatic rings. The largest absolute Gasteiger partial charge is 0.342 e. The zero-order chi connectivity index (χ0) is 18.0. The fourth-order valence-electron chi connectivity index (χ4n) is 2.92. The Balaban J connectivity index is 1.65. The molecule has 1 saturated heterocycles. The van der Waals surface area contributed by atoms with Gasteiger partial charge in [-0.1, -0.05) is 0 Å². The Bertz CT molecular complexity index is 810. The van der Waals surface area contributed by atoms with Crippen molar-refractivity contribution in [3.8, 4) is 0 Å². The van der Waals surface area contributed by atoms with Crippen molar-refractivity contribution in [2.24, 2.45) is 13.0 Å². The monoisotopic (exact) mass is 340 g/mol. The van der Waals surface area contributed by atoms with Crippen LogP contribution >= 0.6 is 0 Å². The Kier molecular flexibility index (Phi) is 4.65. The maximum atomic E-state index is 12.4. The van der Waals surface area contributed by atoms with Gasteiger partial charge in [-0.2, -0.15) is 0 Å². The van der Waals surface area contributed by atoms with Crippen molar-refractivity contribution in [1.82, 2.24) is 14.5 Å². The van der Waals surface area contributed by atoms with Crippen molar-refractivity contribution in [2.45, 2.75) is 13.3 Å². The van der Waals surface area contributed by atoms with Gasteiger partial charge in [0.2, 0.25) is 17.6 Å². The molecule has 2 aromatic rings. The zero-order valence-electron chi connectivity index (χ0n) is 14.2. The fourth-order valence-corrected chi connectivity index (χ4v) is 2.92. The van der Waals surface area contributed by atoms with E-state index in [0.717, 1.165) is 0 Å². The van der Waals surface area contributed by atoms with Crippen LogP contribution in [0.25, 0.3) is 0 Å². The molecule has 1 atom stereocenters. The molecule has 1 aromatic heterocycles. The molecular weight excluding hydrogens is 320 g/mol. The zero-order valence-corrected chi connectivity index (χ0v) is 14.2. The summed E-state index contributed by atoms with van der Waals surface area (Å²) in [5.41, 5.74) is 1.10. The number of hydrogen-bond acceptors (Lipinski definition) is 4. The quantitative estimate of drug-likeness (QED) is 0.835. The van der Waals surface area contributed by atoms with Crippen LogP contribution in [0, 0.1) is 5.92 Å². The minimum Gasteiger partial charge on any atom is -0.342 e. The van der Waals surface area contributed by atoms with Gasteiger partial charge in [0.25, 0.3) is 0 Å². The lowest BCUT2D eigenvalue weighted by molar-refractivity contribution is -0.128. The highest BCUT2D eigenvalue weighted by atomic mass is 16.2. The van der Waals surface area contributed by atoms with Crippen LogP contribution < -0.4 is 5.32 Å². The topological polar surface area (TPSA) is 84.3 Å². The van der Waals surface area contributed by atoms with Crippen LogP contribution in [-0.2, 0) is 16.6 Å². The summed E-state index contributed by atoms with van der Waals surface area (Å²) in [5.74, 6) is -0.307. The molecule has 1 unspecified atom stereocenters. The molecular formula is C18H20N4O3. The first kappa shape index (κ1) is 16.9. The van der Waals surface area contributed by atoms with E-state index in [1.165, 1.54) is 0 Å². The molecule has 7 heteroatoms. The van der Waals surface area contributed by atoms with Gasteiger partial charge in [-0.25, -0.2) is 4.98 Å². The molecule has 0 aliphatic carbocycles. The molecule has 0 bridgehead atoms. The van der Waals surface area contributed by atoms with Crippen LogP contribution in [0.3, 0.4) is 0 Å². The highest BCUT2D eigenvalue weighted by Crippen LogP contribution is 2.20. The number of aromatic nitrogens is 2. The smallest absolute Gasteiger partial charge is 0.229 e. The van der Waals surface area contributed by atoms with Crippen molar-refractivity contribution in [3.63, 3.8) is 0 Å². The molecule has 7 nitrogen and oxygen atoms in total. The molecule has 130 valence electrons. The molecule has 0 saturated carbocycles. The lowest BCUT2D eigenvalue weighted by atomic mass is 10.1. The normalized spacial score (nSPS) is 17.0. The van der Waals surface area contributed by atoms with Gasteiger partial charge in [0.05, 0.1) is 5.92 Å². The van der Waals surface area contributed by atoms with Crippen molar-refractivity contribution >= 4 is 23.3 Å². The number of carbonyl (C=O) groups excluding carboxylic acids is 3. The van der Waals surface area contributed by atoms with Crippen LogP contribution in [0.15, 0.2) is 36.7 Å². The Morgan fingerprint density at radius 2 is 2.00 bits per heavy atom. The highest BCUT2D eigenvalue weighted by Gasteiger charge is 2.33. The van der Waals surface area contributed by atoms with Crippen molar-refractivity contribution < 1.29 is 14.4 Å². The number of rotatable bonds is 5. The second-order valence-corrected chi connectivity index (χ2v) is 6.09. The van der Waals surface area contributed by atoms with Crippen LogP contribution in [0.1, 0.15) is 29.5 Å². The lowest BCUT2D eigenvalue weighted by Crippen LogP contribution is -2.28. The van der Waals surface area contributed by atoms with Crippen molar-refractivity contribution in [3.05, 3.63) is 48.0 Å². The SMILES string of the molecule is CCN1CC(C(=O)Nc2ccc(C(=O)c3nccn3C)cc2)CC1=O. The molecule has 1 fully saturated rings. The first-order chi connectivity index (χ1) is 12.0. The Morgan fingerprint density at radius 3 is 2.56 bits per heavy atom. The van der Waals surface area contributed by atoms with Crippen LogP contribution in [0.5, 0.6) is 0 Å². The Labute approximate surface area is 145 Å². The molecule has 25 heavy (non-hydrogen) atoms. The molecule has 1 N–H and O–H groups in total. The third-order valence-corrected chi connectivity index (χ3v) is 4.41. The van der Waals surface area contributed by atoms with E-state index in [2.05, 4.69) is 10.3 Å². The molecule has 0 radical (unpaired) electrons. The van der Waals surface area contributed by atoms with E-state index in [-0.39, 0.29) is 29.9 Å². The highest BCUT2D eigenvalue weighted by molar-refractivity contribution is 6.07. The number of carbonyl (C=O) groups is 3. The maximum absolute atomic E-state index is 12.4. The minimum absolute atomic E-state index is 0.0127. The number of likely N-dealkylation sites (tertiary alicyclic amines) is 1. The van der Waals surface area contributed by atoms with E-state index in [1.807, 2.05) is 6.92 Å². The second kappa shape index (κ2) is 6.88. The second-order valence-electron chi connectivity index (χ2n) is 6.09. The van der Waals surface area contributed by atoms with E-state index in [1.54, 1.807) is 53.2 Å². The Morgan fingerprint density at radius 1 is 1.28 bits per heavy atom. The summed E-state index contributed by atoms with van der Waals surface area (Å²) in [4.78, 5) is 42.1. The van der Waals surface area contributed by atoms with Gasteiger partial charge < -0.3 is 14.8 Å². The number of hydrogen-bond donors (Lipinski definition) is 1. The summed E-state index contributed by atoms with van der Waals surface area (Å²) < 4.78 is 1.66. The summed E-state index contributed by atoms with van der Waals surface area (Å²) in [7, 11) is 1.76. The van der Waals surface area contributed by atoms with Crippen molar-refractivity contribution in [2.75, 3.05) is 18.4 Å². The van der Waals surface area contributed by atoms with Gasteiger partial charge in [-0.15, -0.1) is 0 Å². The molecule has 1 aliphatic heterocycles. The van der Waals surface area contributed by atoms with Crippen LogP contribution in [0.4, 0.5) is 5.69 Å². The number of benzene rings is 1. The van der Waals surface area contributed by atoms with E-state index >= 15 is 0 Å². The molecule has 2 amide bonds. The maximum Gasteiger partial charge on any atom is 0.229 e. The summed E-state index contributed by atoms with van der Waals surface area (Å²) in [6.45, 7) is 2.97. The van der Waals surface area contributed by atoms with E-state index < -0.39 is 0 Å². The number of amides is 2. The third kappa shape index (κ3) is 3.45. The van der Waals surface area contributed by atoms with E-state index in [0.29, 0.717) is 30.2 Å². The molecule has 1 aromatic carbocycles. The van der Waals surface area contributed by atoms with Crippen LogP contribution in [-0.4, -0.2) is 45.1 Å². The average molecular weight is 340 g/mol. The van der Waals surface area contributed by atoms with Gasteiger partial charge in [0.1, 0.15) is 0 Å². The number of nitrogens with zero attached hydrogens (tertiary/aromatic N) is 3. The molecule has 3 rings (SSSR count). The van der Waals surface area contributed by atoms with Gasteiger partial charge in [-0.05, 0) is 31.2 Å². The van der Waals surface area contributed by atoms with Gasteiger partial charge in [-0.3, -0.25) is 14.4 Å². The van der Waals surface area contributed by atoms with Gasteiger partial charge in [0, 0.05) is 50.2 Å². The Hall–Kier alpha value is -2.96. The first-order valence-electron chi connectivity index (χ1n) is 8.20. The van der Waals surface area contributed by atoms with Crippen LogP contribution in [0.2, 0.25) is 0 Å². The van der Waals surface area contributed by atoms with E-state index in [9.17, 15) is 14.4 Å². The summed E-state index contributed by atoms with van der Waals surface area (Å²) in [6.07, 6.45) is 3.53. The van der Waals surface area contributed by atoms with Crippen molar-refractivity contribution in [1.29, 1.82) is 0 Å². The summed E-state index contributed by atoms with van der Waals surface area (Å²) in [5, 5.41) is 2.81. The van der Waals surface area contributed by atoms with Gasteiger partial charge in [0.15, 0.2) is 5.82 Å². The minimum atomic E-state index is -0.332. The summed E-state index contributed by atoms with van der Waals surface area (Å²) >= 11 is 0. The third-order valence-electron chi connectivity index (χ3n) is 4.41. The average Bonchev–Trinajstić information content (AvgIpc) is 3.20. The number of aryl methyl sites for hydroxylation is 1.